The molecule has 0 spiro atoms. The van der Waals surface area contributed by atoms with E-state index in [9.17, 15) is 0 Å². The van der Waals surface area contributed by atoms with Crippen LogP contribution < -0.4 is 5.32 Å². The number of hydrogen-bond donors (Lipinski definition) is 1. The standard InChI is InChI=1S/C13H23N3/c1-6-14-11-15-7-8-16(11)9-10-12(2,3)13(10,4)5/h7-8,10H,6,9H2,1-5H3,(H,14,15). The van der Waals surface area contributed by atoms with Gasteiger partial charge in [-0.15, -0.1) is 0 Å². The maximum Gasteiger partial charge on any atom is 0.202 e. The molecule has 1 N–H and O–H groups in total. The Labute approximate surface area is 98.3 Å². The van der Waals surface area contributed by atoms with Crippen molar-refractivity contribution in [1.29, 1.82) is 0 Å². The summed E-state index contributed by atoms with van der Waals surface area (Å²) in [6, 6.07) is 0. The van der Waals surface area contributed by atoms with Crippen molar-refractivity contribution in [3.8, 4) is 0 Å². The Morgan fingerprint density at radius 2 is 1.94 bits per heavy atom. The average molecular weight is 221 g/mol. The number of nitrogens with zero attached hydrogens (tertiary/aromatic N) is 2. The summed E-state index contributed by atoms with van der Waals surface area (Å²) in [7, 11) is 0. The third-order valence-corrected chi connectivity index (χ3v) is 4.75. The van der Waals surface area contributed by atoms with Gasteiger partial charge in [-0.1, -0.05) is 27.7 Å². The van der Waals surface area contributed by atoms with Crippen molar-refractivity contribution >= 4 is 5.95 Å². The Kier molecular flexibility index (Phi) is 2.52. The van der Waals surface area contributed by atoms with Crippen LogP contribution in [0.15, 0.2) is 12.4 Å². The van der Waals surface area contributed by atoms with Crippen LogP contribution in [0.5, 0.6) is 0 Å². The van der Waals surface area contributed by atoms with Gasteiger partial charge >= 0.3 is 0 Å². The molecule has 90 valence electrons. The molecular formula is C13H23N3. The minimum atomic E-state index is 0.445. The first-order valence-corrected chi connectivity index (χ1v) is 6.16. The molecule has 1 saturated carbocycles. The van der Waals surface area contributed by atoms with Gasteiger partial charge in [-0.2, -0.15) is 0 Å². The lowest BCUT2D eigenvalue weighted by Gasteiger charge is -2.09. The summed E-state index contributed by atoms with van der Waals surface area (Å²) in [4.78, 5) is 4.33. The van der Waals surface area contributed by atoms with Crippen molar-refractivity contribution in [2.45, 2.75) is 41.2 Å². The fraction of sp³-hybridized carbons (Fsp3) is 0.769. The van der Waals surface area contributed by atoms with Crippen molar-refractivity contribution in [2.75, 3.05) is 11.9 Å². The molecule has 3 heteroatoms. The second-order valence-electron chi connectivity index (χ2n) is 5.93. The highest BCUT2D eigenvalue weighted by molar-refractivity contribution is 5.26. The van der Waals surface area contributed by atoms with Gasteiger partial charge in [-0.05, 0) is 23.7 Å². The Bertz CT molecular complexity index is 362. The van der Waals surface area contributed by atoms with Crippen LogP contribution in [0.25, 0.3) is 0 Å². The molecule has 0 unspecified atom stereocenters. The van der Waals surface area contributed by atoms with Crippen LogP contribution in [-0.2, 0) is 6.54 Å². The zero-order valence-electron chi connectivity index (χ0n) is 11.0. The smallest absolute Gasteiger partial charge is 0.202 e. The van der Waals surface area contributed by atoms with E-state index in [1.165, 1.54) is 0 Å². The Morgan fingerprint density at radius 1 is 1.31 bits per heavy atom. The van der Waals surface area contributed by atoms with Crippen molar-refractivity contribution in [2.24, 2.45) is 16.7 Å². The first-order valence-electron chi connectivity index (χ1n) is 6.16. The third kappa shape index (κ3) is 1.53. The van der Waals surface area contributed by atoms with Gasteiger partial charge in [0.25, 0.3) is 0 Å². The number of nitrogens with one attached hydrogen (secondary N) is 1. The molecule has 1 fully saturated rings. The van der Waals surface area contributed by atoms with Gasteiger partial charge < -0.3 is 9.88 Å². The average Bonchev–Trinajstić information content (AvgIpc) is 2.57. The molecule has 1 aliphatic carbocycles. The van der Waals surface area contributed by atoms with Gasteiger partial charge in [0, 0.05) is 25.5 Å². The normalized spacial score (nSPS) is 22.1. The van der Waals surface area contributed by atoms with Gasteiger partial charge in [0.2, 0.25) is 5.95 Å². The van der Waals surface area contributed by atoms with Crippen LogP contribution in [-0.4, -0.2) is 16.1 Å². The molecule has 2 rings (SSSR count). The maximum atomic E-state index is 4.33. The van der Waals surface area contributed by atoms with Gasteiger partial charge in [0.1, 0.15) is 0 Å². The minimum Gasteiger partial charge on any atom is -0.356 e. The predicted molar refractivity (Wildman–Crippen MR) is 67.4 cm³/mol. The van der Waals surface area contributed by atoms with E-state index in [1.807, 2.05) is 6.20 Å². The van der Waals surface area contributed by atoms with E-state index in [0.29, 0.717) is 10.8 Å². The Morgan fingerprint density at radius 3 is 2.44 bits per heavy atom. The summed E-state index contributed by atoms with van der Waals surface area (Å²) in [5.41, 5.74) is 0.890. The van der Waals surface area contributed by atoms with Crippen LogP contribution in [0, 0.1) is 16.7 Å². The summed E-state index contributed by atoms with van der Waals surface area (Å²) in [5.74, 6) is 1.74. The molecule has 0 amide bonds. The van der Waals surface area contributed by atoms with Crippen molar-refractivity contribution < 1.29 is 0 Å². The largest absolute Gasteiger partial charge is 0.356 e. The minimum absolute atomic E-state index is 0.445. The zero-order valence-corrected chi connectivity index (χ0v) is 11.0. The predicted octanol–water partition coefficient (Wildman–Crippen LogP) is 3.00. The lowest BCUT2D eigenvalue weighted by atomic mass is 10.0. The van der Waals surface area contributed by atoms with Crippen LogP contribution in [0.4, 0.5) is 5.95 Å². The van der Waals surface area contributed by atoms with E-state index < -0.39 is 0 Å². The zero-order chi connectivity index (χ0) is 12.0. The number of rotatable bonds is 4. The van der Waals surface area contributed by atoms with Gasteiger partial charge in [-0.3, -0.25) is 0 Å². The molecule has 1 aromatic heterocycles. The highest BCUT2D eigenvalue weighted by atomic mass is 15.2. The summed E-state index contributed by atoms with van der Waals surface area (Å²) in [6.07, 6.45) is 3.95. The fourth-order valence-corrected chi connectivity index (χ4v) is 2.77. The number of hydrogen-bond acceptors (Lipinski definition) is 2. The topological polar surface area (TPSA) is 29.9 Å². The second-order valence-corrected chi connectivity index (χ2v) is 5.93. The van der Waals surface area contributed by atoms with E-state index in [4.69, 9.17) is 0 Å². The van der Waals surface area contributed by atoms with E-state index in [2.05, 4.69) is 55.7 Å². The molecule has 0 bridgehead atoms. The monoisotopic (exact) mass is 221 g/mol. The van der Waals surface area contributed by atoms with Crippen LogP contribution in [0.1, 0.15) is 34.6 Å². The molecule has 1 aliphatic rings. The lowest BCUT2D eigenvalue weighted by Crippen LogP contribution is -2.09. The quantitative estimate of drug-likeness (QED) is 0.847. The Balaban J connectivity index is 2.09. The summed E-state index contributed by atoms with van der Waals surface area (Å²) < 4.78 is 2.24. The van der Waals surface area contributed by atoms with Crippen molar-refractivity contribution in [1.82, 2.24) is 9.55 Å². The molecule has 0 saturated heterocycles. The second kappa shape index (κ2) is 3.51. The van der Waals surface area contributed by atoms with Crippen molar-refractivity contribution in [3.63, 3.8) is 0 Å². The highest BCUT2D eigenvalue weighted by Gasteiger charge is 2.64. The third-order valence-electron chi connectivity index (χ3n) is 4.75. The highest BCUT2D eigenvalue weighted by Crippen LogP contribution is 2.68. The first kappa shape index (κ1) is 11.5. The molecular weight excluding hydrogens is 198 g/mol. The van der Waals surface area contributed by atoms with E-state index in [1.54, 1.807) is 0 Å². The van der Waals surface area contributed by atoms with Crippen LogP contribution in [0.3, 0.4) is 0 Å². The number of anilines is 1. The van der Waals surface area contributed by atoms with Gasteiger partial charge in [0.15, 0.2) is 0 Å². The lowest BCUT2D eigenvalue weighted by molar-refractivity contribution is 0.457. The first-order chi connectivity index (χ1) is 7.41. The van der Waals surface area contributed by atoms with E-state index in [0.717, 1.165) is 25.0 Å². The number of aromatic nitrogens is 2. The molecule has 0 atom stereocenters. The number of imidazole rings is 1. The van der Waals surface area contributed by atoms with E-state index >= 15 is 0 Å². The molecule has 1 heterocycles. The molecule has 0 aromatic carbocycles. The molecule has 0 radical (unpaired) electrons. The summed E-state index contributed by atoms with van der Waals surface area (Å²) in [6.45, 7) is 13.5. The van der Waals surface area contributed by atoms with Crippen molar-refractivity contribution in [3.05, 3.63) is 12.4 Å². The Hall–Kier alpha value is -0.990. The molecule has 16 heavy (non-hydrogen) atoms. The van der Waals surface area contributed by atoms with Crippen LogP contribution in [0.2, 0.25) is 0 Å². The van der Waals surface area contributed by atoms with Crippen LogP contribution >= 0.6 is 0 Å². The summed E-state index contributed by atoms with van der Waals surface area (Å²) >= 11 is 0. The molecule has 0 aliphatic heterocycles. The van der Waals surface area contributed by atoms with E-state index in [-0.39, 0.29) is 0 Å². The molecule has 3 nitrogen and oxygen atoms in total. The molecule has 1 aromatic rings. The van der Waals surface area contributed by atoms with Gasteiger partial charge in [0.05, 0.1) is 0 Å². The van der Waals surface area contributed by atoms with Gasteiger partial charge in [-0.25, -0.2) is 4.98 Å². The maximum absolute atomic E-state index is 4.33. The SMILES string of the molecule is CCNc1nccn1CC1C(C)(C)C1(C)C. The summed E-state index contributed by atoms with van der Waals surface area (Å²) in [5, 5.41) is 3.30. The fourth-order valence-electron chi connectivity index (χ4n) is 2.77.